The van der Waals surface area contributed by atoms with Gasteiger partial charge in [0.1, 0.15) is 5.82 Å². The highest BCUT2D eigenvalue weighted by Crippen LogP contribution is 2.18. The lowest BCUT2D eigenvalue weighted by molar-refractivity contribution is 0.0741. The Morgan fingerprint density at radius 3 is 2.47 bits per heavy atom. The minimum atomic E-state index is -0.418. The first-order valence-electron chi connectivity index (χ1n) is 5.73. The summed E-state index contributed by atoms with van der Waals surface area (Å²) in [5, 5.41) is 0. The maximum absolute atomic E-state index is 13.8. The molecule has 0 heterocycles. The van der Waals surface area contributed by atoms with E-state index in [4.69, 9.17) is 0 Å². The molecule has 3 heteroatoms. The molecule has 2 nitrogen and oxygen atoms in total. The van der Waals surface area contributed by atoms with E-state index in [-0.39, 0.29) is 16.9 Å². The minimum Gasteiger partial charge on any atom is -0.341 e. The Hall–Kier alpha value is -1.38. The van der Waals surface area contributed by atoms with Crippen LogP contribution < -0.4 is 0 Å². The second-order valence-electron chi connectivity index (χ2n) is 5.66. The fraction of sp³-hybridized carbons (Fsp3) is 0.500. The largest absolute Gasteiger partial charge is 0.341 e. The quantitative estimate of drug-likeness (QED) is 0.773. The average Bonchev–Trinajstić information content (AvgIpc) is 2.18. The van der Waals surface area contributed by atoms with Crippen molar-refractivity contribution < 1.29 is 9.18 Å². The summed E-state index contributed by atoms with van der Waals surface area (Å²) in [6, 6.07) is 4.90. The van der Waals surface area contributed by atoms with E-state index in [9.17, 15) is 9.18 Å². The number of amides is 1. The highest BCUT2D eigenvalue weighted by atomic mass is 19.1. The van der Waals surface area contributed by atoms with E-state index in [2.05, 4.69) is 0 Å². The van der Waals surface area contributed by atoms with Crippen LogP contribution in [0.15, 0.2) is 18.2 Å². The van der Waals surface area contributed by atoms with E-state index >= 15 is 0 Å². The highest BCUT2D eigenvalue weighted by Gasteiger charge is 2.21. The summed E-state index contributed by atoms with van der Waals surface area (Å²) in [5.74, 6) is -0.681. The van der Waals surface area contributed by atoms with Crippen molar-refractivity contribution in [3.63, 3.8) is 0 Å². The van der Waals surface area contributed by atoms with Gasteiger partial charge in [0, 0.05) is 13.6 Å². The lowest BCUT2D eigenvalue weighted by atomic mass is 9.96. The van der Waals surface area contributed by atoms with Crippen molar-refractivity contribution >= 4 is 5.91 Å². The van der Waals surface area contributed by atoms with Gasteiger partial charge in [0.15, 0.2) is 0 Å². The Kier molecular flexibility index (Phi) is 3.91. The molecule has 0 bridgehead atoms. The molecule has 0 unspecified atom stereocenters. The fourth-order valence-corrected chi connectivity index (χ4v) is 1.80. The first-order valence-corrected chi connectivity index (χ1v) is 5.73. The van der Waals surface area contributed by atoms with Gasteiger partial charge in [0.05, 0.1) is 5.56 Å². The monoisotopic (exact) mass is 237 g/mol. The maximum atomic E-state index is 13.8. The smallest absolute Gasteiger partial charge is 0.256 e. The third-order valence-corrected chi connectivity index (χ3v) is 2.48. The Morgan fingerprint density at radius 1 is 1.35 bits per heavy atom. The number of halogens is 1. The van der Waals surface area contributed by atoms with Crippen molar-refractivity contribution in [3.8, 4) is 0 Å². The van der Waals surface area contributed by atoms with Gasteiger partial charge in [-0.3, -0.25) is 4.79 Å². The lowest BCUT2D eigenvalue weighted by Crippen LogP contribution is -2.35. The highest BCUT2D eigenvalue weighted by molar-refractivity contribution is 5.94. The molecule has 0 aromatic heterocycles. The van der Waals surface area contributed by atoms with Crippen LogP contribution in [-0.4, -0.2) is 24.4 Å². The zero-order valence-corrected chi connectivity index (χ0v) is 11.2. The van der Waals surface area contributed by atoms with E-state index in [1.54, 1.807) is 31.0 Å². The first-order chi connectivity index (χ1) is 7.72. The van der Waals surface area contributed by atoms with E-state index < -0.39 is 5.82 Å². The van der Waals surface area contributed by atoms with Gasteiger partial charge in [-0.2, -0.15) is 0 Å². The first kappa shape index (κ1) is 13.7. The zero-order valence-electron chi connectivity index (χ0n) is 11.2. The molecule has 0 aliphatic rings. The number of hydrogen-bond donors (Lipinski definition) is 0. The van der Waals surface area contributed by atoms with Crippen LogP contribution >= 0.6 is 0 Å². The summed E-state index contributed by atoms with van der Waals surface area (Å²) in [5.41, 5.74) is 0.654. The predicted molar refractivity (Wildman–Crippen MR) is 67.6 cm³/mol. The van der Waals surface area contributed by atoms with Gasteiger partial charge in [-0.15, -0.1) is 0 Å². The fourth-order valence-electron chi connectivity index (χ4n) is 1.80. The summed E-state index contributed by atoms with van der Waals surface area (Å²) in [4.78, 5) is 13.6. The molecule has 0 radical (unpaired) electrons. The third kappa shape index (κ3) is 3.55. The van der Waals surface area contributed by atoms with Crippen LogP contribution in [0.3, 0.4) is 0 Å². The van der Waals surface area contributed by atoms with Gasteiger partial charge in [-0.05, 0) is 24.0 Å². The summed E-state index contributed by atoms with van der Waals surface area (Å²) < 4.78 is 13.8. The summed E-state index contributed by atoms with van der Waals surface area (Å²) in [6.45, 7) is 8.39. The number of nitrogens with zero attached hydrogens (tertiary/aromatic N) is 1. The van der Waals surface area contributed by atoms with Crippen LogP contribution in [0.4, 0.5) is 4.39 Å². The minimum absolute atomic E-state index is 0.00467. The lowest BCUT2D eigenvalue weighted by Gasteiger charge is -2.26. The number of benzene rings is 1. The molecule has 1 amide bonds. The number of hydrogen-bond acceptors (Lipinski definition) is 1. The van der Waals surface area contributed by atoms with Crippen molar-refractivity contribution in [3.05, 3.63) is 35.1 Å². The van der Waals surface area contributed by atoms with E-state index in [0.29, 0.717) is 12.1 Å². The van der Waals surface area contributed by atoms with E-state index in [0.717, 1.165) is 0 Å². The van der Waals surface area contributed by atoms with Gasteiger partial charge in [-0.25, -0.2) is 4.39 Å². The van der Waals surface area contributed by atoms with Crippen molar-refractivity contribution in [1.29, 1.82) is 0 Å². The molecule has 0 saturated heterocycles. The molecule has 1 aromatic rings. The molecule has 0 atom stereocenters. The van der Waals surface area contributed by atoms with Gasteiger partial charge >= 0.3 is 0 Å². The molecule has 0 aliphatic carbocycles. The molecule has 17 heavy (non-hydrogen) atoms. The van der Waals surface area contributed by atoms with Gasteiger partial charge in [0.25, 0.3) is 5.91 Å². The summed E-state index contributed by atoms with van der Waals surface area (Å²) in [7, 11) is 1.70. The Labute approximate surface area is 102 Å². The van der Waals surface area contributed by atoms with Crippen molar-refractivity contribution in [1.82, 2.24) is 4.90 Å². The molecule has 0 saturated carbocycles. The van der Waals surface area contributed by atoms with Crippen LogP contribution in [0, 0.1) is 18.2 Å². The Morgan fingerprint density at radius 2 is 1.94 bits per heavy atom. The normalized spacial score (nSPS) is 11.4. The predicted octanol–water partition coefficient (Wildman–Crippen LogP) is 3.25. The molecule has 0 fully saturated rings. The second-order valence-corrected chi connectivity index (χ2v) is 5.66. The molecular weight excluding hydrogens is 217 g/mol. The molecule has 1 rings (SSSR count). The van der Waals surface area contributed by atoms with Crippen LogP contribution in [0.5, 0.6) is 0 Å². The number of rotatable bonds is 2. The molecule has 0 aliphatic heterocycles. The Balaban J connectivity index is 2.93. The molecule has 0 N–H and O–H groups in total. The number of carbonyl (C=O) groups is 1. The van der Waals surface area contributed by atoms with Crippen molar-refractivity contribution in [2.45, 2.75) is 27.7 Å². The van der Waals surface area contributed by atoms with Crippen LogP contribution in [0.2, 0.25) is 0 Å². The van der Waals surface area contributed by atoms with Gasteiger partial charge in [-0.1, -0.05) is 32.9 Å². The second kappa shape index (κ2) is 4.86. The number of aryl methyl sites for hydroxylation is 1. The molecular formula is C14H20FNO. The van der Waals surface area contributed by atoms with Crippen LogP contribution in [0.25, 0.3) is 0 Å². The van der Waals surface area contributed by atoms with Crippen LogP contribution in [-0.2, 0) is 0 Å². The zero-order chi connectivity index (χ0) is 13.2. The summed E-state index contributed by atoms with van der Waals surface area (Å²) >= 11 is 0. The number of carbonyl (C=O) groups excluding carboxylic acids is 1. The van der Waals surface area contributed by atoms with E-state index in [1.165, 1.54) is 6.07 Å². The van der Waals surface area contributed by atoms with Crippen molar-refractivity contribution in [2.75, 3.05) is 13.6 Å². The van der Waals surface area contributed by atoms with Crippen LogP contribution in [0.1, 0.15) is 36.7 Å². The van der Waals surface area contributed by atoms with Crippen molar-refractivity contribution in [2.24, 2.45) is 5.41 Å². The standard InChI is InChI=1S/C14H20FNO/c1-10-7-6-8-11(12(10)15)13(17)16(5)9-14(2,3)4/h6-8H,9H2,1-5H3. The average molecular weight is 237 g/mol. The van der Waals surface area contributed by atoms with E-state index in [1.807, 2.05) is 20.8 Å². The maximum Gasteiger partial charge on any atom is 0.256 e. The third-order valence-electron chi connectivity index (χ3n) is 2.48. The Bertz CT molecular complexity index is 421. The topological polar surface area (TPSA) is 20.3 Å². The molecule has 0 spiro atoms. The summed E-state index contributed by atoms with van der Waals surface area (Å²) in [6.07, 6.45) is 0. The van der Waals surface area contributed by atoms with Gasteiger partial charge in [0.2, 0.25) is 0 Å². The van der Waals surface area contributed by atoms with Gasteiger partial charge < -0.3 is 4.90 Å². The SMILES string of the molecule is Cc1cccc(C(=O)N(C)CC(C)(C)C)c1F. The molecule has 94 valence electrons. The molecule has 1 aromatic carbocycles.